The number of azo groups is 2. The zero-order valence-electron chi connectivity index (χ0n) is 28.3. The first kappa shape index (κ1) is 39.4. The number of nitrogens with one attached hydrogen (secondary N) is 1. The van der Waals surface area contributed by atoms with Crippen molar-refractivity contribution in [2.75, 3.05) is 19.5 Å². The number of allylic oxidation sites excluding steroid dienone is 3. The molecule has 0 atom stereocenters. The third-order valence-electron chi connectivity index (χ3n) is 6.86. The Balaban J connectivity index is 1.81. The molecular weight excluding hydrogens is 682 g/mol. The molecule has 3 N–H and O–H groups in total. The summed E-state index contributed by atoms with van der Waals surface area (Å²) in [4.78, 5) is 71.0. The molecule has 0 aliphatic heterocycles. The van der Waals surface area contributed by atoms with Crippen molar-refractivity contribution in [3.05, 3.63) is 111 Å². The minimum absolute atomic E-state index is 0.00127. The average molecular weight is 716 g/mol. The molecule has 0 unspecified atom stereocenters. The van der Waals surface area contributed by atoms with Crippen LogP contribution in [0.4, 0.5) is 17.1 Å². The fraction of sp³-hybridized carbons (Fsp3) is 0.200. The molecule has 270 valence electrons. The highest BCUT2D eigenvalue weighted by Gasteiger charge is 2.18. The number of methoxy groups -OCH3 is 2. The van der Waals surface area contributed by atoms with Crippen molar-refractivity contribution in [2.24, 2.45) is 20.5 Å². The number of ketones is 1. The van der Waals surface area contributed by atoms with Gasteiger partial charge in [-0.05, 0) is 54.4 Å². The molecule has 0 aliphatic rings. The largest absolute Gasteiger partial charge is 0.510 e. The van der Waals surface area contributed by atoms with Crippen LogP contribution in [0.25, 0.3) is 0 Å². The first-order valence-corrected chi connectivity index (χ1v) is 15.0. The van der Waals surface area contributed by atoms with Gasteiger partial charge in [-0.2, -0.15) is 0 Å². The molecule has 17 nitrogen and oxygen atoms in total. The fourth-order valence-corrected chi connectivity index (χ4v) is 4.30. The summed E-state index contributed by atoms with van der Waals surface area (Å²) in [5.41, 5.74) is 0.917. The summed E-state index contributed by atoms with van der Waals surface area (Å²) < 4.78 is 19.0. The summed E-state index contributed by atoms with van der Waals surface area (Å²) in [6, 6.07) is 14.6. The second kappa shape index (κ2) is 19.2. The van der Waals surface area contributed by atoms with E-state index < -0.39 is 40.8 Å². The summed E-state index contributed by atoms with van der Waals surface area (Å²) in [5, 5.41) is 39.3. The minimum atomic E-state index is -0.846. The maximum Gasteiger partial charge on any atom is 0.340 e. The third-order valence-corrected chi connectivity index (χ3v) is 6.86. The summed E-state index contributed by atoms with van der Waals surface area (Å²) in [6.07, 6.45) is -0.171. The molecule has 52 heavy (non-hydrogen) atoms. The lowest BCUT2D eigenvalue weighted by molar-refractivity contribution is -0.130. The van der Waals surface area contributed by atoms with Crippen LogP contribution < -0.4 is 5.32 Å². The summed E-state index contributed by atoms with van der Waals surface area (Å²) in [5.74, 6) is -3.79. The SMILES string of the molecule is COC(=O)c1ccc(COC=O)c(N=NC(C(=O)Nc2ccc(CC(O)=C(N=Nc3cc(COC=O)ccc3C(=O)OC)C(C)=O)cc2)=C(C)O)c1. The Hall–Kier alpha value is -7.04. The number of hydrogen-bond acceptors (Lipinski definition) is 16. The highest BCUT2D eigenvalue weighted by molar-refractivity contribution is 6.03. The van der Waals surface area contributed by atoms with Gasteiger partial charge >= 0.3 is 11.9 Å². The minimum Gasteiger partial charge on any atom is -0.510 e. The smallest absolute Gasteiger partial charge is 0.340 e. The fourth-order valence-electron chi connectivity index (χ4n) is 4.30. The van der Waals surface area contributed by atoms with E-state index in [1.807, 2.05) is 0 Å². The van der Waals surface area contributed by atoms with Crippen LogP contribution in [0.5, 0.6) is 0 Å². The van der Waals surface area contributed by atoms with Gasteiger partial charge in [-0.15, -0.1) is 20.5 Å². The van der Waals surface area contributed by atoms with Gasteiger partial charge in [-0.1, -0.05) is 24.3 Å². The number of carbonyl (C=O) groups excluding carboxylic acids is 6. The second-order valence-corrected chi connectivity index (χ2v) is 10.5. The zero-order valence-corrected chi connectivity index (χ0v) is 28.3. The van der Waals surface area contributed by atoms with E-state index in [0.717, 1.165) is 0 Å². The van der Waals surface area contributed by atoms with Gasteiger partial charge in [0, 0.05) is 24.6 Å². The quantitative estimate of drug-likeness (QED) is 0.0375. The lowest BCUT2D eigenvalue weighted by atomic mass is 10.1. The van der Waals surface area contributed by atoms with Crippen LogP contribution >= 0.6 is 0 Å². The van der Waals surface area contributed by atoms with E-state index >= 15 is 0 Å². The van der Waals surface area contributed by atoms with Crippen LogP contribution in [0.3, 0.4) is 0 Å². The van der Waals surface area contributed by atoms with Gasteiger partial charge in [-0.3, -0.25) is 19.2 Å². The van der Waals surface area contributed by atoms with E-state index in [4.69, 9.17) is 18.9 Å². The van der Waals surface area contributed by atoms with E-state index in [1.165, 1.54) is 76.6 Å². The number of aliphatic hydroxyl groups is 2. The predicted octanol–water partition coefficient (Wildman–Crippen LogP) is 5.80. The lowest BCUT2D eigenvalue weighted by Crippen LogP contribution is -2.14. The van der Waals surface area contributed by atoms with E-state index in [-0.39, 0.29) is 66.5 Å². The standard InChI is InChI=1S/C35H33N5O12/c1-20(43)31(39-38-29-13-23(16-51-18-41)7-12-27(29)35(48)50-4)30(45)14-22-5-10-26(11-6-22)36-33(46)32(21(2)44)40-37-28-15-24(34(47)49-3)8-9-25(28)17-52-19-42/h5-13,15,18-19,44-45H,14,16-17H2,1-4H3,(H,36,46). The highest BCUT2D eigenvalue weighted by atomic mass is 16.5. The molecular formula is C35H33N5O12. The maximum absolute atomic E-state index is 13.0. The van der Waals surface area contributed by atoms with Crippen LogP contribution in [0.2, 0.25) is 0 Å². The van der Waals surface area contributed by atoms with Crippen LogP contribution in [0.15, 0.2) is 104 Å². The van der Waals surface area contributed by atoms with Crippen molar-refractivity contribution in [2.45, 2.75) is 33.5 Å². The van der Waals surface area contributed by atoms with E-state index in [0.29, 0.717) is 16.7 Å². The monoisotopic (exact) mass is 715 g/mol. The molecule has 0 heterocycles. The number of carbonyl (C=O) groups is 6. The molecule has 0 fully saturated rings. The molecule has 17 heteroatoms. The number of ether oxygens (including phenoxy) is 4. The number of anilines is 1. The van der Waals surface area contributed by atoms with Gasteiger partial charge in [0.15, 0.2) is 17.2 Å². The van der Waals surface area contributed by atoms with Crippen molar-refractivity contribution in [3.63, 3.8) is 0 Å². The number of amides is 1. The summed E-state index contributed by atoms with van der Waals surface area (Å²) in [7, 11) is 2.36. The normalized spacial score (nSPS) is 12.0. The van der Waals surface area contributed by atoms with Crippen LogP contribution in [-0.4, -0.2) is 61.0 Å². The first-order chi connectivity index (χ1) is 24.9. The molecule has 0 aliphatic carbocycles. The number of nitrogens with zero attached hydrogens (tertiary/aromatic N) is 4. The van der Waals surface area contributed by atoms with Crippen LogP contribution in [0.1, 0.15) is 51.3 Å². The molecule has 0 saturated carbocycles. The molecule has 0 spiro atoms. The topological polar surface area (TPSA) is 241 Å². The highest BCUT2D eigenvalue weighted by Crippen LogP contribution is 2.26. The van der Waals surface area contributed by atoms with E-state index in [2.05, 4.69) is 25.8 Å². The van der Waals surface area contributed by atoms with Gasteiger partial charge in [-0.25, -0.2) is 9.59 Å². The Labute approximate surface area is 296 Å². The molecule has 3 aromatic carbocycles. The van der Waals surface area contributed by atoms with Crippen molar-refractivity contribution in [3.8, 4) is 0 Å². The Kier molecular flexibility index (Phi) is 14.6. The molecule has 0 bridgehead atoms. The molecule has 0 aromatic heterocycles. The number of esters is 2. The predicted molar refractivity (Wildman–Crippen MR) is 181 cm³/mol. The van der Waals surface area contributed by atoms with E-state index in [1.54, 1.807) is 12.1 Å². The number of rotatable bonds is 17. The van der Waals surface area contributed by atoms with Gasteiger partial charge in [0.2, 0.25) is 0 Å². The third kappa shape index (κ3) is 11.0. The van der Waals surface area contributed by atoms with Crippen molar-refractivity contribution in [1.82, 2.24) is 0 Å². The van der Waals surface area contributed by atoms with Crippen molar-refractivity contribution >= 4 is 53.6 Å². The Morgan fingerprint density at radius 1 is 0.731 bits per heavy atom. The molecule has 0 radical (unpaired) electrons. The lowest BCUT2D eigenvalue weighted by Gasteiger charge is -2.09. The van der Waals surface area contributed by atoms with Crippen LogP contribution in [-0.2, 0) is 57.8 Å². The maximum atomic E-state index is 13.0. The van der Waals surface area contributed by atoms with Gasteiger partial charge in [0.05, 0.1) is 31.0 Å². The Bertz CT molecular complexity index is 1960. The molecule has 0 saturated heterocycles. The second-order valence-electron chi connectivity index (χ2n) is 10.5. The average Bonchev–Trinajstić information content (AvgIpc) is 3.13. The molecule has 3 aromatic rings. The molecule has 1 amide bonds. The van der Waals surface area contributed by atoms with Gasteiger partial charge in [0.25, 0.3) is 18.9 Å². The number of benzene rings is 3. The molecule has 3 rings (SSSR count). The summed E-state index contributed by atoms with van der Waals surface area (Å²) >= 11 is 0. The zero-order chi connectivity index (χ0) is 38.2. The summed E-state index contributed by atoms with van der Waals surface area (Å²) in [6.45, 7) is 2.54. The number of hydrogen-bond donors (Lipinski definition) is 3. The number of Topliss-reactive ketones (excluding diaryl/α,β-unsaturated/α-hetero) is 1. The Morgan fingerprint density at radius 2 is 1.35 bits per heavy atom. The Morgan fingerprint density at radius 3 is 1.96 bits per heavy atom. The van der Waals surface area contributed by atoms with Crippen molar-refractivity contribution in [1.29, 1.82) is 0 Å². The van der Waals surface area contributed by atoms with Gasteiger partial charge in [0.1, 0.15) is 30.4 Å². The van der Waals surface area contributed by atoms with Gasteiger partial charge < -0.3 is 34.5 Å². The van der Waals surface area contributed by atoms with Crippen LogP contribution in [0, 0.1) is 0 Å². The number of aliphatic hydroxyl groups excluding tert-OH is 2. The van der Waals surface area contributed by atoms with Crippen molar-refractivity contribution < 1.29 is 57.9 Å². The van der Waals surface area contributed by atoms with E-state index in [9.17, 15) is 39.0 Å². The first-order valence-electron chi connectivity index (χ1n) is 15.0.